The lowest BCUT2D eigenvalue weighted by Crippen LogP contribution is -2.10. The molecule has 0 amide bonds. The Bertz CT molecular complexity index is 1010. The summed E-state index contributed by atoms with van der Waals surface area (Å²) in [5.74, 6) is 1.49. The fraction of sp³-hybridized carbons (Fsp3) is 0.300. The second kappa shape index (κ2) is 6.68. The first-order valence-corrected chi connectivity index (χ1v) is 9.69. The van der Waals surface area contributed by atoms with Crippen LogP contribution in [0.3, 0.4) is 0 Å². The fourth-order valence-corrected chi connectivity index (χ4v) is 4.21. The van der Waals surface area contributed by atoms with Gasteiger partial charge in [-0.05, 0) is 67.6 Å². The van der Waals surface area contributed by atoms with Crippen molar-refractivity contribution in [3.05, 3.63) is 47.0 Å². The van der Waals surface area contributed by atoms with E-state index in [0.717, 1.165) is 33.1 Å². The molecule has 1 N–H and O–H groups in total. The van der Waals surface area contributed by atoms with Gasteiger partial charge in [0, 0.05) is 5.75 Å². The van der Waals surface area contributed by atoms with Crippen LogP contribution in [-0.2, 0) is 0 Å². The molecule has 1 aliphatic rings. The van der Waals surface area contributed by atoms with Crippen molar-refractivity contribution in [2.45, 2.75) is 33.7 Å². The van der Waals surface area contributed by atoms with Crippen molar-refractivity contribution in [3.63, 3.8) is 0 Å². The molecule has 0 radical (unpaired) electrons. The monoisotopic (exact) mass is 363 g/mol. The summed E-state index contributed by atoms with van der Waals surface area (Å²) in [4.78, 5) is 9.18. The van der Waals surface area contributed by atoms with Crippen LogP contribution in [0.15, 0.2) is 35.3 Å². The smallest absolute Gasteiger partial charge is 0.249 e. The molecular formula is C20H21N5S. The van der Waals surface area contributed by atoms with Crippen molar-refractivity contribution in [1.29, 1.82) is 0 Å². The number of thioether (sulfide) groups is 1. The fourth-order valence-electron chi connectivity index (χ4n) is 3.32. The Labute approximate surface area is 157 Å². The molecule has 0 saturated carbocycles. The van der Waals surface area contributed by atoms with Gasteiger partial charge in [0.1, 0.15) is 5.52 Å². The number of anilines is 1. The number of hydrogen-bond donors (Lipinski definition) is 1. The molecule has 132 valence electrons. The summed E-state index contributed by atoms with van der Waals surface area (Å²) in [7, 11) is 0. The first kappa shape index (κ1) is 17.0. The second-order valence-electron chi connectivity index (χ2n) is 6.78. The highest BCUT2D eigenvalue weighted by Gasteiger charge is 2.16. The number of nitrogens with zero attached hydrogens (tertiary/aromatic N) is 4. The molecule has 1 aromatic heterocycles. The van der Waals surface area contributed by atoms with Gasteiger partial charge in [0.05, 0.1) is 11.6 Å². The molecule has 3 aromatic rings. The predicted molar refractivity (Wildman–Crippen MR) is 110 cm³/mol. The zero-order chi connectivity index (χ0) is 18.3. The molecule has 2 aromatic carbocycles. The Kier molecular flexibility index (Phi) is 4.36. The van der Waals surface area contributed by atoms with Gasteiger partial charge in [-0.25, -0.2) is 4.98 Å². The summed E-state index contributed by atoms with van der Waals surface area (Å²) in [5, 5.41) is 12.7. The molecular weight excluding hydrogens is 342 g/mol. The van der Waals surface area contributed by atoms with Crippen LogP contribution in [0.4, 0.5) is 5.95 Å². The number of hydrogen-bond acceptors (Lipinski definition) is 6. The topological polar surface area (TPSA) is 63.1 Å². The summed E-state index contributed by atoms with van der Waals surface area (Å²) in [6.45, 7) is 8.45. The van der Waals surface area contributed by atoms with Crippen LogP contribution in [0, 0.1) is 20.8 Å². The number of nitrogens with one attached hydrogen (secondary N) is 1. The Morgan fingerprint density at radius 2 is 1.81 bits per heavy atom. The van der Waals surface area contributed by atoms with Crippen LogP contribution in [0.25, 0.3) is 22.2 Å². The average Bonchev–Trinajstić information content (AvgIpc) is 3.00. The number of benzene rings is 2. The van der Waals surface area contributed by atoms with Crippen molar-refractivity contribution in [2.75, 3.05) is 11.1 Å². The van der Waals surface area contributed by atoms with E-state index in [1.54, 1.807) is 11.8 Å². The lowest BCUT2D eigenvalue weighted by Gasteiger charge is -2.12. The molecule has 1 aliphatic heterocycles. The van der Waals surface area contributed by atoms with Crippen LogP contribution in [0.2, 0.25) is 0 Å². The van der Waals surface area contributed by atoms with Crippen LogP contribution in [0.1, 0.15) is 23.6 Å². The zero-order valence-electron chi connectivity index (χ0n) is 15.4. The van der Waals surface area contributed by atoms with Gasteiger partial charge < -0.3 is 5.32 Å². The maximum atomic E-state index is 4.66. The third-order valence-electron chi connectivity index (χ3n) is 4.54. The number of amidine groups is 1. The van der Waals surface area contributed by atoms with E-state index in [9.17, 15) is 0 Å². The molecule has 26 heavy (non-hydrogen) atoms. The van der Waals surface area contributed by atoms with Crippen molar-refractivity contribution in [3.8, 4) is 11.1 Å². The molecule has 0 saturated heterocycles. The number of aliphatic imine (C=N–C) groups is 1. The third kappa shape index (κ3) is 3.17. The van der Waals surface area contributed by atoms with Gasteiger partial charge in [-0.15, -0.1) is 10.2 Å². The predicted octanol–water partition coefficient (Wildman–Crippen LogP) is 4.52. The minimum atomic E-state index is 0.331. The Morgan fingerprint density at radius 3 is 2.50 bits per heavy atom. The van der Waals surface area contributed by atoms with Crippen LogP contribution >= 0.6 is 11.8 Å². The van der Waals surface area contributed by atoms with E-state index < -0.39 is 0 Å². The third-order valence-corrected chi connectivity index (χ3v) is 5.67. The van der Waals surface area contributed by atoms with E-state index in [1.165, 1.54) is 16.7 Å². The van der Waals surface area contributed by atoms with Crippen molar-refractivity contribution in [1.82, 2.24) is 15.2 Å². The summed E-state index contributed by atoms with van der Waals surface area (Å²) in [6, 6.07) is 11.0. The SMILES string of the molecule is Cc1cccc(C)c1-c1cc(C)c2nc(NC3=NC(C)CS3)nnc2c1. The Balaban J connectivity index is 1.75. The Morgan fingerprint density at radius 1 is 1.04 bits per heavy atom. The normalized spacial score (nSPS) is 16.8. The van der Waals surface area contributed by atoms with E-state index in [-0.39, 0.29) is 0 Å². The van der Waals surface area contributed by atoms with Gasteiger partial charge in [-0.3, -0.25) is 4.99 Å². The van der Waals surface area contributed by atoms with Gasteiger partial charge in [0.15, 0.2) is 5.17 Å². The highest BCUT2D eigenvalue weighted by molar-refractivity contribution is 8.14. The lowest BCUT2D eigenvalue weighted by molar-refractivity contribution is 0.864. The molecule has 5 nitrogen and oxygen atoms in total. The largest absolute Gasteiger partial charge is 0.302 e. The molecule has 1 unspecified atom stereocenters. The highest BCUT2D eigenvalue weighted by atomic mass is 32.2. The van der Waals surface area contributed by atoms with Crippen LogP contribution < -0.4 is 5.32 Å². The second-order valence-corrected chi connectivity index (χ2v) is 7.79. The lowest BCUT2D eigenvalue weighted by atomic mass is 9.94. The van der Waals surface area contributed by atoms with E-state index in [0.29, 0.717) is 12.0 Å². The zero-order valence-corrected chi connectivity index (χ0v) is 16.2. The molecule has 0 bridgehead atoms. The maximum Gasteiger partial charge on any atom is 0.249 e. The molecule has 4 rings (SSSR count). The van der Waals surface area contributed by atoms with Gasteiger partial charge >= 0.3 is 0 Å². The highest BCUT2D eigenvalue weighted by Crippen LogP contribution is 2.30. The number of aryl methyl sites for hydroxylation is 3. The van der Waals surface area contributed by atoms with Gasteiger partial charge in [0.2, 0.25) is 5.95 Å². The molecule has 2 heterocycles. The molecule has 1 atom stereocenters. The van der Waals surface area contributed by atoms with Gasteiger partial charge in [0.25, 0.3) is 0 Å². The van der Waals surface area contributed by atoms with Gasteiger partial charge in [-0.1, -0.05) is 30.0 Å². The van der Waals surface area contributed by atoms with Crippen molar-refractivity contribution >= 4 is 33.9 Å². The van der Waals surface area contributed by atoms with E-state index in [1.807, 2.05) is 0 Å². The minimum absolute atomic E-state index is 0.331. The number of aromatic nitrogens is 3. The molecule has 0 spiro atoms. The summed E-state index contributed by atoms with van der Waals surface area (Å²) < 4.78 is 0. The first-order valence-electron chi connectivity index (χ1n) is 8.70. The summed E-state index contributed by atoms with van der Waals surface area (Å²) >= 11 is 1.69. The molecule has 6 heteroatoms. The Hall–Kier alpha value is -2.47. The number of fused-ring (bicyclic) bond motifs is 1. The molecule has 0 fully saturated rings. The van der Waals surface area contributed by atoms with Crippen molar-refractivity contribution < 1.29 is 0 Å². The van der Waals surface area contributed by atoms with E-state index in [4.69, 9.17) is 0 Å². The van der Waals surface area contributed by atoms with E-state index >= 15 is 0 Å². The maximum absolute atomic E-state index is 4.66. The van der Waals surface area contributed by atoms with Gasteiger partial charge in [-0.2, -0.15) is 0 Å². The van der Waals surface area contributed by atoms with Crippen molar-refractivity contribution in [2.24, 2.45) is 4.99 Å². The first-order chi connectivity index (χ1) is 12.5. The van der Waals surface area contributed by atoms with Crippen LogP contribution in [0.5, 0.6) is 0 Å². The molecule has 0 aliphatic carbocycles. The minimum Gasteiger partial charge on any atom is -0.302 e. The van der Waals surface area contributed by atoms with Crippen LogP contribution in [-0.4, -0.2) is 32.1 Å². The summed E-state index contributed by atoms with van der Waals surface area (Å²) in [6.07, 6.45) is 0. The standard InChI is InChI=1S/C20H21N5S/c1-11-6-5-7-12(2)17(11)15-8-13(3)18-16(9-15)24-25-19(22-18)23-20-21-14(4)10-26-20/h5-9,14H,10H2,1-4H3,(H,21,22,23,25). The average molecular weight is 363 g/mol. The summed E-state index contributed by atoms with van der Waals surface area (Å²) in [5.41, 5.74) is 7.70. The van der Waals surface area contributed by atoms with E-state index in [2.05, 4.69) is 83.5 Å². The quantitative estimate of drug-likeness (QED) is 0.725. The number of rotatable bonds is 2.